The van der Waals surface area contributed by atoms with Crippen LogP contribution in [0, 0.1) is 13.8 Å². The summed E-state index contributed by atoms with van der Waals surface area (Å²) in [7, 11) is 0. The fourth-order valence-corrected chi connectivity index (χ4v) is 2.59. The molecule has 1 amide bonds. The van der Waals surface area contributed by atoms with Gasteiger partial charge >= 0.3 is 5.63 Å². The predicted molar refractivity (Wildman–Crippen MR) is 97.1 cm³/mol. The van der Waals surface area contributed by atoms with Crippen LogP contribution < -0.4 is 15.7 Å². The van der Waals surface area contributed by atoms with E-state index in [1.165, 1.54) is 6.07 Å². The molecule has 1 heterocycles. The lowest BCUT2D eigenvalue weighted by Crippen LogP contribution is -2.30. The molecule has 0 spiro atoms. The van der Waals surface area contributed by atoms with Gasteiger partial charge < -0.3 is 14.5 Å². The van der Waals surface area contributed by atoms with E-state index >= 15 is 0 Å². The Balaban J connectivity index is 1.76. The molecular formula is C20H19NO4. The van der Waals surface area contributed by atoms with Crippen molar-refractivity contribution >= 4 is 22.6 Å². The van der Waals surface area contributed by atoms with Crippen LogP contribution in [0.15, 0.2) is 57.7 Å². The van der Waals surface area contributed by atoms with Crippen LogP contribution in [0.1, 0.15) is 18.1 Å². The average molecular weight is 337 g/mol. The molecule has 1 atom stereocenters. The molecule has 0 unspecified atom stereocenters. The second-order valence-corrected chi connectivity index (χ2v) is 6.03. The van der Waals surface area contributed by atoms with Crippen molar-refractivity contribution in [2.24, 2.45) is 0 Å². The third kappa shape index (κ3) is 3.88. The SMILES string of the molecule is Cc1cccc(O[C@H](C)C(=O)Nc2ccc3c(C)cc(=O)oc3c2)c1. The number of hydrogen-bond donors (Lipinski definition) is 1. The van der Waals surface area contributed by atoms with Gasteiger partial charge in [0.15, 0.2) is 6.10 Å². The lowest BCUT2D eigenvalue weighted by molar-refractivity contribution is -0.122. The van der Waals surface area contributed by atoms with E-state index in [2.05, 4.69) is 5.32 Å². The Labute approximate surface area is 145 Å². The summed E-state index contributed by atoms with van der Waals surface area (Å²) < 4.78 is 10.9. The minimum atomic E-state index is -0.665. The van der Waals surface area contributed by atoms with Crippen LogP contribution >= 0.6 is 0 Å². The maximum absolute atomic E-state index is 12.3. The molecule has 5 heteroatoms. The second-order valence-electron chi connectivity index (χ2n) is 6.03. The molecule has 0 bridgehead atoms. The Bertz CT molecular complexity index is 990. The highest BCUT2D eigenvalue weighted by atomic mass is 16.5. The molecular weight excluding hydrogens is 318 g/mol. The van der Waals surface area contributed by atoms with E-state index in [0.717, 1.165) is 16.5 Å². The first kappa shape index (κ1) is 16.8. The Kier molecular flexibility index (Phi) is 4.57. The summed E-state index contributed by atoms with van der Waals surface area (Å²) >= 11 is 0. The van der Waals surface area contributed by atoms with E-state index in [1.54, 1.807) is 19.1 Å². The van der Waals surface area contributed by atoms with Crippen molar-refractivity contribution < 1.29 is 13.9 Å². The molecule has 2 aromatic carbocycles. The summed E-state index contributed by atoms with van der Waals surface area (Å²) in [4.78, 5) is 23.8. The van der Waals surface area contributed by atoms with Crippen LogP contribution in [0.2, 0.25) is 0 Å². The van der Waals surface area contributed by atoms with Crippen LogP contribution in [0.3, 0.4) is 0 Å². The third-order valence-electron chi connectivity index (χ3n) is 3.89. The highest BCUT2D eigenvalue weighted by Crippen LogP contribution is 2.21. The molecule has 1 N–H and O–H groups in total. The summed E-state index contributed by atoms with van der Waals surface area (Å²) in [5.74, 6) is 0.360. The lowest BCUT2D eigenvalue weighted by atomic mass is 10.1. The standard InChI is InChI=1S/C20H19NO4/c1-12-5-4-6-16(9-12)24-14(3)20(23)21-15-7-8-17-13(2)10-19(22)25-18(17)11-15/h4-11,14H,1-3H3,(H,21,23)/t14-/m1/s1. The topological polar surface area (TPSA) is 68.5 Å². The van der Waals surface area contributed by atoms with Crippen molar-refractivity contribution in [1.82, 2.24) is 0 Å². The monoisotopic (exact) mass is 337 g/mol. The van der Waals surface area contributed by atoms with Crippen molar-refractivity contribution in [1.29, 1.82) is 0 Å². The van der Waals surface area contributed by atoms with Crippen LogP contribution in [0.4, 0.5) is 5.69 Å². The number of benzene rings is 2. The Morgan fingerprint density at radius 3 is 2.68 bits per heavy atom. The Morgan fingerprint density at radius 1 is 1.12 bits per heavy atom. The van der Waals surface area contributed by atoms with Crippen molar-refractivity contribution in [2.45, 2.75) is 26.9 Å². The molecule has 0 saturated heterocycles. The molecule has 0 fully saturated rings. The molecule has 1 aromatic heterocycles. The van der Waals surface area contributed by atoms with Gasteiger partial charge in [-0.25, -0.2) is 4.79 Å². The fraction of sp³-hybridized carbons (Fsp3) is 0.200. The number of rotatable bonds is 4. The first-order valence-corrected chi connectivity index (χ1v) is 8.01. The normalized spacial score (nSPS) is 12.0. The maximum Gasteiger partial charge on any atom is 0.336 e. The number of carbonyl (C=O) groups is 1. The van der Waals surface area contributed by atoms with Gasteiger partial charge in [-0.05, 0) is 56.2 Å². The Hall–Kier alpha value is -3.08. The van der Waals surface area contributed by atoms with Crippen LogP contribution in [0.5, 0.6) is 5.75 Å². The van der Waals surface area contributed by atoms with Gasteiger partial charge in [-0.15, -0.1) is 0 Å². The molecule has 128 valence electrons. The maximum atomic E-state index is 12.3. The van der Waals surface area contributed by atoms with E-state index in [-0.39, 0.29) is 5.91 Å². The van der Waals surface area contributed by atoms with E-state index in [9.17, 15) is 9.59 Å². The van der Waals surface area contributed by atoms with Gasteiger partial charge in [0.2, 0.25) is 0 Å². The summed E-state index contributed by atoms with van der Waals surface area (Å²) in [5.41, 5.74) is 2.47. The molecule has 25 heavy (non-hydrogen) atoms. The van der Waals surface area contributed by atoms with E-state index in [0.29, 0.717) is 17.0 Å². The quantitative estimate of drug-likeness (QED) is 0.735. The van der Waals surface area contributed by atoms with Gasteiger partial charge in [0, 0.05) is 23.2 Å². The lowest BCUT2D eigenvalue weighted by Gasteiger charge is -2.15. The van der Waals surface area contributed by atoms with Crippen molar-refractivity contribution in [3.05, 3.63) is 70.1 Å². The largest absolute Gasteiger partial charge is 0.481 e. The molecule has 5 nitrogen and oxygen atoms in total. The molecule has 0 saturated carbocycles. The van der Waals surface area contributed by atoms with Crippen molar-refractivity contribution in [2.75, 3.05) is 5.32 Å². The van der Waals surface area contributed by atoms with Gasteiger partial charge in [0.25, 0.3) is 5.91 Å². The number of amides is 1. The van der Waals surface area contributed by atoms with E-state index in [1.807, 2.05) is 44.2 Å². The first-order valence-electron chi connectivity index (χ1n) is 8.01. The van der Waals surface area contributed by atoms with Gasteiger partial charge in [-0.2, -0.15) is 0 Å². The molecule has 0 aliphatic carbocycles. The molecule has 3 rings (SSSR count). The average Bonchev–Trinajstić information content (AvgIpc) is 2.54. The van der Waals surface area contributed by atoms with Crippen LogP contribution in [-0.4, -0.2) is 12.0 Å². The summed E-state index contributed by atoms with van der Waals surface area (Å²) in [6.07, 6.45) is -0.665. The number of anilines is 1. The summed E-state index contributed by atoms with van der Waals surface area (Å²) in [6.45, 7) is 5.49. The predicted octanol–water partition coefficient (Wildman–Crippen LogP) is 3.82. The number of carbonyl (C=O) groups excluding carboxylic acids is 1. The summed E-state index contributed by atoms with van der Waals surface area (Å²) in [6, 6.07) is 14.2. The zero-order valence-corrected chi connectivity index (χ0v) is 14.3. The highest BCUT2D eigenvalue weighted by Gasteiger charge is 2.15. The molecule has 0 aliphatic heterocycles. The van der Waals surface area contributed by atoms with Crippen molar-refractivity contribution in [3.8, 4) is 5.75 Å². The number of ether oxygens (including phenoxy) is 1. The number of nitrogens with one attached hydrogen (secondary N) is 1. The Morgan fingerprint density at radius 2 is 1.92 bits per heavy atom. The van der Waals surface area contributed by atoms with Gasteiger partial charge in [0.1, 0.15) is 11.3 Å². The molecule has 0 aliphatic rings. The van der Waals surface area contributed by atoms with Crippen LogP contribution in [-0.2, 0) is 4.79 Å². The van der Waals surface area contributed by atoms with Crippen LogP contribution in [0.25, 0.3) is 11.0 Å². The van der Waals surface area contributed by atoms with Crippen molar-refractivity contribution in [3.63, 3.8) is 0 Å². The minimum absolute atomic E-state index is 0.282. The molecule has 3 aromatic rings. The zero-order chi connectivity index (χ0) is 18.0. The van der Waals surface area contributed by atoms with Gasteiger partial charge in [0.05, 0.1) is 0 Å². The third-order valence-corrected chi connectivity index (χ3v) is 3.89. The number of aryl methyl sites for hydroxylation is 2. The second kappa shape index (κ2) is 6.81. The first-order chi connectivity index (χ1) is 11.9. The zero-order valence-electron chi connectivity index (χ0n) is 14.3. The molecule has 0 radical (unpaired) electrons. The number of hydrogen-bond acceptors (Lipinski definition) is 4. The highest BCUT2D eigenvalue weighted by molar-refractivity contribution is 5.96. The summed E-state index contributed by atoms with van der Waals surface area (Å²) in [5, 5.41) is 3.62. The number of fused-ring (bicyclic) bond motifs is 1. The van der Waals surface area contributed by atoms with E-state index in [4.69, 9.17) is 9.15 Å². The van der Waals surface area contributed by atoms with E-state index < -0.39 is 11.7 Å². The minimum Gasteiger partial charge on any atom is -0.481 e. The van der Waals surface area contributed by atoms with Gasteiger partial charge in [-0.3, -0.25) is 4.79 Å². The smallest absolute Gasteiger partial charge is 0.336 e. The fourth-order valence-electron chi connectivity index (χ4n) is 2.59. The van der Waals surface area contributed by atoms with Gasteiger partial charge in [-0.1, -0.05) is 12.1 Å².